The Bertz CT molecular complexity index is 513. The summed E-state index contributed by atoms with van der Waals surface area (Å²) >= 11 is 1.58. The van der Waals surface area contributed by atoms with E-state index >= 15 is 0 Å². The van der Waals surface area contributed by atoms with Crippen molar-refractivity contribution >= 4 is 17.6 Å². The van der Waals surface area contributed by atoms with E-state index in [-0.39, 0.29) is 0 Å². The van der Waals surface area contributed by atoms with Crippen molar-refractivity contribution in [2.24, 2.45) is 0 Å². The zero-order chi connectivity index (χ0) is 13.0. The predicted octanol–water partition coefficient (Wildman–Crippen LogP) is 2.85. The van der Waals surface area contributed by atoms with Gasteiger partial charge in [-0.05, 0) is 37.4 Å². The number of thioether (sulfide) groups is 1. The summed E-state index contributed by atoms with van der Waals surface area (Å²) in [6, 6.07) is 9.38. The van der Waals surface area contributed by atoms with Gasteiger partial charge in [0.15, 0.2) is 0 Å². The third-order valence-corrected chi connectivity index (χ3v) is 3.14. The summed E-state index contributed by atoms with van der Waals surface area (Å²) in [7, 11) is 0. The van der Waals surface area contributed by atoms with Crippen LogP contribution >= 0.6 is 11.8 Å². The van der Waals surface area contributed by atoms with Crippen LogP contribution in [0.3, 0.4) is 0 Å². The van der Waals surface area contributed by atoms with Crippen molar-refractivity contribution in [3.05, 3.63) is 41.9 Å². The van der Waals surface area contributed by atoms with Gasteiger partial charge in [-0.2, -0.15) is 0 Å². The van der Waals surface area contributed by atoms with Crippen molar-refractivity contribution in [1.29, 1.82) is 0 Å². The lowest BCUT2D eigenvalue weighted by Gasteiger charge is -2.10. The van der Waals surface area contributed by atoms with Crippen molar-refractivity contribution in [2.75, 3.05) is 18.1 Å². The fourth-order valence-electron chi connectivity index (χ4n) is 1.56. The molecule has 4 nitrogen and oxygen atoms in total. The number of aromatic nitrogens is 1. The van der Waals surface area contributed by atoms with E-state index < -0.39 is 6.10 Å². The molecular weight excluding hydrogens is 248 g/mol. The summed E-state index contributed by atoms with van der Waals surface area (Å²) in [6.45, 7) is 2.23. The van der Waals surface area contributed by atoms with Gasteiger partial charge in [-0.25, -0.2) is 4.98 Å². The zero-order valence-electron chi connectivity index (χ0n) is 10.4. The van der Waals surface area contributed by atoms with Gasteiger partial charge < -0.3 is 14.8 Å². The van der Waals surface area contributed by atoms with E-state index in [0.29, 0.717) is 12.3 Å². The summed E-state index contributed by atoms with van der Waals surface area (Å²) in [6.07, 6.45) is 1.31. The molecular formula is C13H16N2O2S. The number of hydrogen-bond acceptors (Lipinski definition) is 5. The number of nitrogens with zero attached hydrogens (tertiary/aromatic N) is 1. The van der Waals surface area contributed by atoms with Crippen molar-refractivity contribution in [1.82, 2.24) is 4.98 Å². The Balaban J connectivity index is 1.94. The first kappa shape index (κ1) is 13.0. The third-order valence-electron chi connectivity index (χ3n) is 2.50. The lowest BCUT2D eigenvalue weighted by atomic mass is 10.2. The number of nitrogens with one attached hydrogen (secondary N) is 1. The van der Waals surface area contributed by atoms with E-state index in [1.54, 1.807) is 17.8 Å². The second-order valence-electron chi connectivity index (χ2n) is 3.91. The average molecular weight is 264 g/mol. The number of aliphatic hydroxyl groups excluding tert-OH is 1. The quantitative estimate of drug-likeness (QED) is 0.813. The first-order valence-electron chi connectivity index (χ1n) is 5.68. The Hall–Kier alpha value is -1.46. The number of pyridine rings is 1. The number of anilines is 1. The second-order valence-corrected chi connectivity index (χ2v) is 4.74. The molecule has 0 aliphatic rings. The molecule has 0 aromatic carbocycles. The highest BCUT2D eigenvalue weighted by Crippen LogP contribution is 2.18. The fourth-order valence-corrected chi connectivity index (χ4v) is 1.97. The van der Waals surface area contributed by atoms with Crippen LogP contribution in [0.2, 0.25) is 0 Å². The Morgan fingerprint density at radius 3 is 2.89 bits per heavy atom. The summed E-state index contributed by atoms with van der Waals surface area (Å²) in [5.41, 5.74) is 0. The van der Waals surface area contributed by atoms with Crippen molar-refractivity contribution in [3.8, 4) is 0 Å². The molecule has 5 heteroatoms. The predicted molar refractivity (Wildman–Crippen MR) is 72.9 cm³/mol. The number of furan rings is 1. The summed E-state index contributed by atoms with van der Waals surface area (Å²) in [4.78, 5) is 4.37. The Morgan fingerprint density at radius 1 is 1.39 bits per heavy atom. The van der Waals surface area contributed by atoms with Crippen LogP contribution in [0.15, 0.2) is 39.8 Å². The largest absolute Gasteiger partial charge is 0.464 e. The topological polar surface area (TPSA) is 58.3 Å². The zero-order valence-corrected chi connectivity index (χ0v) is 11.2. The maximum Gasteiger partial charge on any atom is 0.134 e. The molecule has 0 aliphatic heterocycles. The summed E-state index contributed by atoms with van der Waals surface area (Å²) in [5, 5.41) is 14.0. The number of hydrogen-bond donors (Lipinski definition) is 2. The molecule has 0 saturated heterocycles. The van der Waals surface area contributed by atoms with Crippen LogP contribution in [0.5, 0.6) is 0 Å². The van der Waals surface area contributed by atoms with Crippen molar-refractivity contribution in [2.45, 2.75) is 18.1 Å². The molecule has 2 rings (SSSR count). The smallest absolute Gasteiger partial charge is 0.134 e. The second kappa shape index (κ2) is 5.93. The lowest BCUT2D eigenvalue weighted by Crippen LogP contribution is -2.12. The molecule has 18 heavy (non-hydrogen) atoms. The maximum atomic E-state index is 9.93. The molecule has 2 heterocycles. The molecule has 1 atom stereocenters. The molecule has 0 radical (unpaired) electrons. The van der Waals surface area contributed by atoms with Crippen LogP contribution in [0.25, 0.3) is 0 Å². The number of aryl methyl sites for hydroxylation is 1. The van der Waals surface area contributed by atoms with Gasteiger partial charge in [-0.15, -0.1) is 11.8 Å². The van der Waals surface area contributed by atoms with Crippen LogP contribution in [-0.4, -0.2) is 22.9 Å². The Morgan fingerprint density at radius 2 is 2.22 bits per heavy atom. The van der Waals surface area contributed by atoms with Gasteiger partial charge in [0.2, 0.25) is 0 Å². The molecule has 0 saturated carbocycles. The van der Waals surface area contributed by atoms with E-state index in [9.17, 15) is 5.11 Å². The Labute approximate surface area is 110 Å². The summed E-state index contributed by atoms with van der Waals surface area (Å²) in [5.74, 6) is 2.12. The van der Waals surface area contributed by atoms with Crippen LogP contribution in [-0.2, 0) is 0 Å². The van der Waals surface area contributed by atoms with Gasteiger partial charge in [-0.1, -0.05) is 6.07 Å². The molecule has 0 aliphatic carbocycles. The molecule has 96 valence electrons. The first-order chi connectivity index (χ1) is 8.69. The van der Waals surface area contributed by atoms with Crippen LogP contribution < -0.4 is 5.32 Å². The highest BCUT2D eigenvalue weighted by Gasteiger charge is 2.11. The molecule has 1 unspecified atom stereocenters. The minimum absolute atomic E-state index is 0.373. The van der Waals surface area contributed by atoms with Gasteiger partial charge in [0.25, 0.3) is 0 Å². The van der Waals surface area contributed by atoms with E-state index in [0.717, 1.165) is 16.6 Å². The molecule has 0 spiro atoms. The van der Waals surface area contributed by atoms with Crippen molar-refractivity contribution < 1.29 is 9.52 Å². The monoisotopic (exact) mass is 264 g/mol. The highest BCUT2D eigenvalue weighted by molar-refractivity contribution is 7.98. The summed E-state index contributed by atoms with van der Waals surface area (Å²) < 4.78 is 5.36. The first-order valence-corrected chi connectivity index (χ1v) is 6.91. The Kier molecular flexibility index (Phi) is 4.28. The van der Waals surface area contributed by atoms with Crippen LogP contribution in [0.4, 0.5) is 5.82 Å². The van der Waals surface area contributed by atoms with E-state index in [1.165, 1.54) is 0 Å². The highest BCUT2D eigenvalue weighted by atomic mass is 32.2. The molecule has 0 amide bonds. The van der Waals surface area contributed by atoms with Gasteiger partial charge in [-0.3, -0.25) is 0 Å². The standard InChI is InChI=1S/C13H16N2O2S/c1-9-6-7-11(17-9)10(16)8-14-12-4-3-5-13(15-12)18-2/h3-7,10,16H,8H2,1-2H3,(H,14,15). The normalized spacial score (nSPS) is 12.4. The number of rotatable bonds is 5. The SMILES string of the molecule is CSc1cccc(NCC(O)c2ccc(C)o2)n1. The minimum atomic E-state index is -0.668. The van der Waals surface area contributed by atoms with Crippen molar-refractivity contribution in [3.63, 3.8) is 0 Å². The van der Waals surface area contributed by atoms with Gasteiger partial charge >= 0.3 is 0 Å². The van der Waals surface area contributed by atoms with Gasteiger partial charge in [0.05, 0.1) is 5.03 Å². The fraction of sp³-hybridized carbons (Fsp3) is 0.308. The molecule has 2 N–H and O–H groups in total. The van der Waals surface area contributed by atoms with Crippen LogP contribution in [0.1, 0.15) is 17.6 Å². The maximum absolute atomic E-state index is 9.93. The minimum Gasteiger partial charge on any atom is -0.464 e. The van der Waals surface area contributed by atoms with E-state index in [2.05, 4.69) is 10.3 Å². The van der Waals surface area contributed by atoms with E-state index in [1.807, 2.05) is 37.4 Å². The van der Waals surface area contributed by atoms with E-state index in [4.69, 9.17) is 4.42 Å². The van der Waals surface area contributed by atoms with Gasteiger partial charge in [0.1, 0.15) is 23.4 Å². The van der Waals surface area contributed by atoms with Crippen LogP contribution in [0, 0.1) is 6.92 Å². The molecule has 2 aromatic rings. The molecule has 2 aromatic heterocycles. The number of aliphatic hydroxyl groups is 1. The lowest BCUT2D eigenvalue weighted by molar-refractivity contribution is 0.161. The molecule has 0 bridgehead atoms. The third kappa shape index (κ3) is 3.27. The average Bonchev–Trinajstić information content (AvgIpc) is 2.83. The van der Waals surface area contributed by atoms with Gasteiger partial charge in [0, 0.05) is 6.54 Å². The molecule has 0 fully saturated rings.